The number of nitrogens with one attached hydrogen (secondary N) is 6. The Morgan fingerprint density at radius 2 is 1.06 bits per heavy atom. The predicted octanol–water partition coefficient (Wildman–Crippen LogP) is 3.56. The van der Waals surface area contributed by atoms with Crippen molar-refractivity contribution in [2.45, 2.75) is 5.92 Å². The second-order valence-corrected chi connectivity index (χ2v) is 8.17. The molecule has 35 heavy (non-hydrogen) atoms. The lowest BCUT2D eigenvalue weighted by molar-refractivity contribution is 0.0926. The van der Waals surface area contributed by atoms with Crippen LogP contribution in [0.2, 0.25) is 0 Å². The summed E-state index contributed by atoms with van der Waals surface area (Å²) in [5, 5.41) is 1.82. The van der Waals surface area contributed by atoms with Gasteiger partial charge in [0.25, 0.3) is 11.8 Å². The minimum absolute atomic E-state index is 0.291. The zero-order chi connectivity index (χ0) is 24.4. The van der Waals surface area contributed by atoms with Gasteiger partial charge in [0, 0.05) is 52.9 Å². The minimum Gasteiger partial charge on any atom is -0.350 e. The third-order valence-corrected chi connectivity index (χ3v) is 6.13. The third-order valence-electron chi connectivity index (χ3n) is 6.13. The van der Waals surface area contributed by atoms with Crippen molar-refractivity contribution in [2.75, 3.05) is 14.1 Å². The Hall–Kier alpha value is -4.40. The summed E-state index contributed by atoms with van der Waals surface area (Å²) in [4.78, 5) is 33.1. The number of hydrazine groups is 2. The number of amides is 2. The van der Waals surface area contributed by atoms with Gasteiger partial charge in [0.1, 0.15) is 11.4 Å². The predicted molar refractivity (Wildman–Crippen MR) is 137 cm³/mol. The quantitative estimate of drug-likeness (QED) is 0.206. The van der Waals surface area contributed by atoms with Crippen LogP contribution in [0.25, 0.3) is 21.8 Å². The molecule has 6 N–H and O–H groups in total. The van der Waals surface area contributed by atoms with Gasteiger partial charge >= 0.3 is 0 Å². The van der Waals surface area contributed by atoms with E-state index in [4.69, 9.17) is 0 Å². The first-order chi connectivity index (χ1) is 17.1. The molecule has 8 nitrogen and oxygen atoms in total. The van der Waals surface area contributed by atoms with Gasteiger partial charge in [-0.3, -0.25) is 20.4 Å². The SMILES string of the molecule is CNNC(=O)c1[nH]c2ccccc2c1C(c1ccccc1)c1c(C(=O)NNC)[nH]c2ccccc12. The van der Waals surface area contributed by atoms with E-state index in [-0.39, 0.29) is 11.8 Å². The van der Waals surface area contributed by atoms with E-state index in [0.29, 0.717) is 11.4 Å². The summed E-state index contributed by atoms with van der Waals surface area (Å²) in [6.45, 7) is 0. The van der Waals surface area contributed by atoms with Crippen LogP contribution in [0.3, 0.4) is 0 Å². The van der Waals surface area contributed by atoms with Gasteiger partial charge in [0.2, 0.25) is 0 Å². The summed E-state index contributed by atoms with van der Waals surface area (Å²) in [5.41, 5.74) is 15.9. The van der Waals surface area contributed by atoms with E-state index >= 15 is 0 Å². The summed E-state index contributed by atoms with van der Waals surface area (Å²) in [7, 11) is 3.30. The molecule has 0 spiro atoms. The van der Waals surface area contributed by atoms with Crippen molar-refractivity contribution in [2.24, 2.45) is 0 Å². The highest BCUT2D eigenvalue weighted by Gasteiger charge is 2.32. The molecule has 0 unspecified atom stereocenters. The maximum atomic E-state index is 13.2. The first-order valence-electron chi connectivity index (χ1n) is 11.3. The average Bonchev–Trinajstić information content (AvgIpc) is 3.45. The van der Waals surface area contributed by atoms with Crippen molar-refractivity contribution < 1.29 is 9.59 Å². The van der Waals surface area contributed by atoms with Crippen LogP contribution in [-0.2, 0) is 0 Å². The van der Waals surface area contributed by atoms with E-state index in [2.05, 4.69) is 31.7 Å². The maximum absolute atomic E-state index is 13.2. The fourth-order valence-electron chi connectivity index (χ4n) is 4.76. The van der Waals surface area contributed by atoms with Crippen molar-refractivity contribution in [3.05, 3.63) is 107 Å². The molecule has 0 bridgehead atoms. The molecule has 0 radical (unpaired) electrons. The van der Waals surface area contributed by atoms with E-state index in [0.717, 1.165) is 38.5 Å². The highest BCUT2D eigenvalue weighted by molar-refractivity contribution is 6.05. The number of aromatic amines is 2. The second kappa shape index (κ2) is 9.46. The van der Waals surface area contributed by atoms with Crippen LogP contribution in [0.4, 0.5) is 0 Å². The summed E-state index contributed by atoms with van der Waals surface area (Å²) in [6.07, 6.45) is 0. The van der Waals surface area contributed by atoms with Gasteiger partial charge in [-0.05, 0) is 17.7 Å². The van der Waals surface area contributed by atoms with Crippen LogP contribution < -0.4 is 21.7 Å². The molecule has 0 saturated heterocycles. The van der Waals surface area contributed by atoms with Gasteiger partial charge in [0.15, 0.2) is 0 Å². The van der Waals surface area contributed by atoms with Crippen LogP contribution >= 0.6 is 0 Å². The summed E-state index contributed by atoms with van der Waals surface area (Å²) in [6, 6.07) is 25.6. The van der Waals surface area contributed by atoms with Gasteiger partial charge < -0.3 is 9.97 Å². The molecule has 176 valence electrons. The fourth-order valence-corrected chi connectivity index (χ4v) is 4.76. The largest absolute Gasteiger partial charge is 0.350 e. The number of hydrogen-bond donors (Lipinski definition) is 6. The molecule has 0 aliphatic carbocycles. The molecule has 0 aliphatic heterocycles. The van der Waals surface area contributed by atoms with Gasteiger partial charge in [-0.2, -0.15) is 0 Å². The summed E-state index contributed by atoms with van der Waals surface area (Å²) < 4.78 is 0. The molecule has 5 aromatic rings. The number of benzene rings is 3. The number of carbonyl (C=O) groups is 2. The highest BCUT2D eigenvalue weighted by Crippen LogP contribution is 2.42. The van der Waals surface area contributed by atoms with Gasteiger partial charge in [-0.15, -0.1) is 0 Å². The van der Waals surface area contributed by atoms with E-state index in [1.807, 2.05) is 78.9 Å². The van der Waals surface area contributed by atoms with Gasteiger partial charge in [-0.1, -0.05) is 66.7 Å². The lowest BCUT2D eigenvalue weighted by atomic mass is 9.81. The van der Waals surface area contributed by atoms with Crippen molar-refractivity contribution in [3.8, 4) is 0 Å². The molecule has 3 aromatic carbocycles. The molecule has 2 amide bonds. The molecule has 2 aromatic heterocycles. The van der Waals surface area contributed by atoms with Crippen molar-refractivity contribution in [3.63, 3.8) is 0 Å². The number of rotatable bonds is 7. The third kappa shape index (κ3) is 3.95. The molecule has 0 atom stereocenters. The van der Waals surface area contributed by atoms with Crippen molar-refractivity contribution >= 4 is 33.6 Å². The maximum Gasteiger partial charge on any atom is 0.282 e. The van der Waals surface area contributed by atoms with Gasteiger partial charge in [-0.25, -0.2) is 10.9 Å². The van der Waals surface area contributed by atoms with E-state index < -0.39 is 5.92 Å². The lowest BCUT2D eigenvalue weighted by Crippen LogP contribution is -2.36. The molecular weight excluding hydrogens is 440 g/mol. The highest BCUT2D eigenvalue weighted by atomic mass is 16.2. The first-order valence-corrected chi connectivity index (χ1v) is 11.3. The number of hydrogen-bond acceptors (Lipinski definition) is 4. The van der Waals surface area contributed by atoms with Crippen LogP contribution in [0, 0.1) is 0 Å². The molecular formula is C27H26N6O2. The number of aromatic nitrogens is 2. The van der Waals surface area contributed by atoms with Crippen molar-refractivity contribution in [1.29, 1.82) is 0 Å². The molecule has 8 heteroatoms. The fraction of sp³-hybridized carbons (Fsp3) is 0.111. The van der Waals surface area contributed by atoms with Crippen LogP contribution in [0.15, 0.2) is 78.9 Å². The smallest absolute Gasteiger partial charge is 0.282 e. The number of para-hydroxylation sites is 2. The Balaban J connectivity index is 1.89. The summed E-state index contributed by atoms with van der Waals surface area (Å²) in [5.74, 6) is -1.000. The van der Waals surface area contributed by atoms with E-state index in [1.165, 1.54) is 0 Å². The number of carbonyl (C=O) groups excluding carboxylic acids is 2. The monoisotopic (exact) mass is 466 g/mol. The van der Waals surface area contributed by atoms with E-state index in [9.17, 15) is 9.59 Å². The zero-order valence-electron chi connectivity index (χ0n) is 19.4. The Morgan fingerprint density at radius 1 is 0.629 bits per heavy atom. The van der Waals surface area contributed by atoms with Crippen LogP contribution in [0.5, 0.6) is 0 Å². The lowest BCUT2D eigenvalue weighted by Gasteiger charge is -2.21. The standard InChI is InChI=1S/C27H26N6O2/c1-28-32-26(34)24-22(17-12-6-8-14-19(17)30-24)21(16-10-4-3-5-11-16)23-18-13-7-9-15-20(18)31-25(23)27(35)33-29-2/h3-15,21,28-31H,1-2H3,(H,32,34)(H,33,35). The van der Waals surface area contributed by atoms with Gasteiger partial charge in [0.05, 0.1) is 0 Å². The number of H-pyrrole nitrogens is 2. The molecule has 5 rings (SSSR count). The molecule has 0 aliphatic rings. The second-order valence-electron chi connectivity index (χ2n) is 8.17. The summed E-state index contributed by atoms with van der Waals surface area (Å²) >= 11 is 0. The van der Waals surface area contributed by atoms with Crippen LogP contribution in [0.1, 0.15) is 43.6 Å². The topological polar surface area (TPSA) is 114 Å². The Labute approximate surface area is 202 Å². The Morgan fingerprint density at radius 3 is 1.51 bits per heavy atom. The normalized spacial score (nSPS) is 11.3. The Bertz CT molecular complexity index is 1420. The van der Waals surface area contributed by atoms with Crippen LogP contribution in [-0.4, -0.2) is 35.9 Å². The van der Waals surface area contributed by atoms with Crippen molar-refractivity contribution in [1.82, 2.24) is 31.7 Å². The average molecular weight is 467 g/mol. The van der Waals surface area contributed by atoms with E-state index in [1.54, 1.807) is 14.1 Å². The zero-order valence-corrected chi connectivity index (χ0v) is 19.4. The molecule has 0 fully saturated rings. The molecule has 2 heterocycles. The molecule has 0 saturated carbocycles. The minimum atomic E-state index is -0.418. The number of fused-ring (bicyclic) bond motifs is 2. The Kier molecular flexibility index (Phi) is 6.05. The first kappa shape index (κ1) is 22.4.